The Kier molecular flexibility index (Phi) is 2.69. The maximum absolute atomic E-state index is 11.0. The van der Waals surface area contributed by atoms with Crippen molar-refractivity contribution in [3.63, 3.8) is 0 Å². The van der Waals surface area contributed by atoms with E-state index in [1.54, 1.807) is 6.92 Å². The van der Waals surface area contributed by atoms with Gasteiger partial charge in [-0.2, -0.15) is 0 Å². The monoisotopic (exact) mass is 153 g/mol. The van der Waals surface area contributed by atoms with Crippen LogP contribution < -0.4 is 0 Å². The van der Waals surface area contributed by atoms with Gasteiger partial charge < -0.3 is 4.90 Å². The average Bonchev–Trinajstić information content (AvgIpc) is 2.13. The predicted octanol–water partition coefficient (Wildman–Crippen LogP) is 1.58. The molecule has 1 rings (SSSR count). The van der Waals surface area contributed by atoms with Crippen LogP contribution in [-0.4, -0.2) is 23.9 Å². The third-order valence-electron chi connectivity index (χ3n) is 2.11. The van der Waals surface area contributed by atoms with E-state index in [2.05, 4.69) is 13.0 Å². The van der Waals surface area contributed by atoms with Crippen LogP contribution in [0.4, 0.5) is 0 Å². The zero-order valence-electron chi connectivity index (χ0n) is 7.26. The fourth-order valence-electron chi connectivity index (χ4n) is 1.31. The molecule has 0 radical (unpaired) electrons. The quantitative estimate of drug-likeness (QED) is 0.484. The number of carbonyl (C=O) groups is 1. The lowest BCUT2D eigenvalue weighted by Crippen LogP contribution is -2.29. The van der Waals surface area contributed by atoms with Crippen LogP contribution in [-0.2, 0) is 4.79 Å². The number of hydrogen-bond acceptors (Lipinski definition) is 1. The summed E-state index contributed by atoms with van der Waals surface area (Å²) < 4.78 is 0. The van der Waals surface area contributed by atoms with E-state index in [1.165, 1.54) is 5.57 Å². The molecule has 0 aromatic heterocycles. The molecule has 0 fully saturated rings. The summed E-state index contributed by atoms with van der Waals surface area (Å²) in [5.74, 6) is 0.202. The molecule has 0 aromatic carbocycles. The van der Waals surface area contributed by atoms with Gasteiger partial charge in [-0.05, 0) is 19.8 Å². The first-order valence-electron chi connectivity index (χ1n) is 4.11. The van der Waals surface area contributed by atoms with Crippen molar-refractivity contribution in [1.82, 2.24) is 4.90 Å². The third kappa shape index (κ3) is 2.37. The molecular weight excluding hydrogens is 138 g/mol. The van der Waals surface area contributed by atoms with Crippen molar-refractivity contribution in [3.8, 4) is 0 Å². The van der Waals surface area contributed by atoms with Gasteiger partial charge in [0.1, 0.15) is 0 Å². The van der Waals surface area contributed by atoms with Crippen LogP contribution in [0, 0.1) is 0 Å². The molecule has 0 spiro atoms. The van der Waals surface area contributed by atoms with Crippen LogP contribution in [0.5, 0.6) is 0 Å². The van der Waals surface area contributed by atoms with Crippen molar-refractivity contribution in [1.29, 1.82) is 0 Å². The minimum atomic E-state index is 0.202. The minimum Gasteiger partial charge on any atom is -0.342 e. The van der Waals surface area contributed by atoms with E-state index >= 15 is 0 Å². The lowest BCUT2D eigenvalue weighted by atomic mass is 10.2. The Labute approximate surface area is 67.9 Å². The molecule has 1 heterocycles. The maximum Gasteiger partial charge on any atom is 0.219 e. The molecule has 0 aliphatic carbocycles. The van der Waals surface area contributed by atoms with Gasteiger partial charge in [-0.3, -0.25) is 4.79 Å². The molecular formula is C9H15NO. The Morgan fingerprint density at radius 2 is 2.27 bits per heavy atom. The van der Waals surface area contributed by atoms with Crippen molar-refractivity contribution in [2.75, 3.05) is 13.1 Å². The Morgan fingerprint density at radius 3 is 2.91 bits per heavy atom. The number of hydrogen-bond donors (Lipinski definition) is 0. The Bertz CT molecular complexity index is 184. The number of carbonyl (C=O) groups excluding carboxylic acids is 1. The van der Waals surface area contributed by atoms with Gasteiger partial charge in [-0.25, -0.2) is 0 Å². The van der Waals surface area contributed by atoms with E-state index in [-0.39, 0.29) is 5.91 Å². The summed E-state index contributed by atoms with van der Waals surface area (Å²) in [6.45, 7) is 5.56. The van der Waals surface area contributed by atoms with E-state index in [4.69, 9.17) is 0 Å². The molecule has 1 aliphatic rings. The molecule has 0 saturated carbocycles. The van der Waals surface area contributed by atoms with Crippen molar-refractivity contribution >= 4 is 5.91 Å². The first-order valence-corrected chi connectivity index (χ1v) is 4.11. The fraction of sp³-hybridized carbons (Fsp3) is 0.667. The van der Waals surface area contributed by atoms with Gasteiger partial charge in [0.25, 0.3) is 0 Å². The molecule has 11 heavy (non-hydrogen) atoms. The standard InChI is InChI=1S/C9H15NO/c1-8-4-3-6-10(7-5-8)9(2)11/h4H,3,5-7H2,1-2H3. The molecule has 62 valence electrons. The van der Waals surface area contributed by atoms with Crippen molar-refractivity contribution in [2.45, 2.75) is 26.7 Å². The van der Waals surface area contributed by atoms with Crippen molar-refractivity contribution in [2.24, 2.45) is 0 Å². The highest BCUT2D eigenvalue weighted by atomic mass is 16.2. The summed E-state index contributed by atoms with van der Waals surface area (Å²) in [4.78, 5) is 12.9. The first kappa shape index (κ1) is 8.31. The lowest BCUT2D eigenvalue weighted by Gasteiger charge is -2.17. The van der Waals surface area contributed by atoms with Crippen molar-refractivity contribution < 1.29 is 4.79 Å². The average molecular weight is 153 g/mol. The molecule has 0 bridgehead atoms. The van der Waals surface area contributed by atoms with Gasteiger partial charge in [0.2, 0.25) is 5.91 Å². The van der Waals surface area contributed by atoms with E-state index in [0.29, 0.717) is 0 Å². The van der Waals surface area contributed by atoms with Crippen molar-refractivity contribution in [3.05, 3.63) is 11.6 Å². The number of rotatable bonds is 0. The van der Waals surface area contributed by atoms with Crippen LogP contribution in [0.2, 0.25) is 0 Å². The smallest absolute Gasteiger partial charge is 0.219 e. The highest BCUT2D eigenvalue weighted by Crippen LogP contribution is 2.09. The summed E-state index contributed by atoms with van der Waals surface area (Å²) in [7, 11) is 0. The van der Waals surface area contributed by atoms with Gasteiger partial charge in [0.15, 0.2) is 0 Å². The molecule has 1 amide bonds. The van der Waals surface area contributed by atoms with Crippen LogP contribution in [0.1, 0.15) is 26.7 Å². The fourth-order valence-corrected chi connectivity index (χ4v) is 1.31. The second kappa shape index (κ2) is 3.56. The molecule has 2 nitrogen and oxygen atoms in total. The zero-order chi connectivity index (χ0) is 8.27. The molecule has 1 aliphatic heterocycles. The number of nitrogens with zero attached hydrogens (tertiary/aromatic N) is 1. The van der Waals surface area contributed by atoms with Gasteiger partial charge >= 0.3 is 0 Å². The highest BCUT2D eigenvalue weighted by Gasteiger charge is 2.09. The first-order chi connectivity index (χ1) is 5.20. The van der Waals surface area contributed by atoms with Gasteiger partial charge in [0, 0.05) is 20.0 Å². The Morgan fingerprint density at radius 1 is 1.55 bits per heavy atom. The normalized spacial score (nSPS) is 19.1. The molecule has 2 heteroatoms. The topological polar surface area (TPSA) is 20.3 Å². The van der Waals surface area contributed by atoms with Crippen LogP contribution >= 0.6 is 0 Å². The lowest BCUT2D eigenvalue weighted by molar-refractivity contribution is -0.128. The molecule has 0 atom stereocenters. The number of amides is 1. The van der Waals surface area contributed by atoms with E-state index in [0.717, 1.165) is 25.9 Å². The highest BCUT2D eigenvalue weighted by molar-refractivity contribution is 5.73. The van der Waals surface area contributed by atoms with Gasteiger partial charge in [-0.1, -0.05) is 11.6 Å². The minimum absolute atomic E-state index is 0.202. The largest absolute Gasteiger partial charge is 0.342 e. The Hall–Kier alpha value is -0.790. The summed E-state index contributed by atoms with van der Waals surface area (Å²) >= 11 is 0. The second-order valence-electron chi connectivity index (χ2n) is 3.10. The maximum atomic E-state index is 11.0. The SMILES string of the molecule is CC(=O)N1CCC=C(C)CC1. The predicted molar refractivity (Wildman–Crippen MR) is 45.2 cm³/mol. The summed E-state index contributed by atoms with van der Waals surface area (Å²) in [5.41, 5.74) is 1.41. The van der Waals surface area contributed by atoms with E-state index in [9.17, 15) is 4.79 Å². The molecule has 0 saturated heterocycles. The van der Waals surface area contributed by atoms with Crippen LogP contribution in [0.15, 0.2) is 11.6 Å². The Balaban J connectivity index is 2.47. The summed E-state index contributed by atoms with van der Waals surface area (Å²) in [5, 5.41) is 0. The van der Waals surface area contributed by atoms with E-state index in [1.807, 2.05) is 4.90 Å². The zero-order valence-corrected chi connectivity index (χ0v) is 7.26. The summed E-state index contributed by atoms with van der Waals surface area (Å²) in [6.07, 6.45) is 4.29. The van der Waals surface area contributed by atoms with E-state index < -0.39 is 0 Å². The van der Waals surface area contributed by atoms with Gasteiger partial charge in [-0.15, -0.1) is 0 Å². The third-order valence-corrected chi connectivity index (χ3v) is 2.11. The van der Waals surface area contributed by atoms with Crippen LogP contribution in [0.25, 0.3) is 0 Å². The second-order valence-corrected chi connectivity index (χ2v) is 3.10. The molecule has 0 aromatic rings. The van der Waals surface area contributed by atoms with Crippen LogP contribution in [0.3, 0.4) is 0 Å². The molecule has 0 unspecified atom stereocenters. The molecule has 0 N–H and O–H groups in total. The summed E-state index contributed by atoms with van der Waals surface area (Å²) in [6, 6.07) is 0. The van der Waals surface area contributed by atoms with Gasteiger partial charge in [0.05, 0.1) is 0 Å².